The van der Waals surface area contributed by atoms with Crippen molar-refractivity contribution in [1.29, 1.82) is 0 Å². The largest absolute Gasteiger partial charge is 0.415 e. The summed E-state index contributed by atoms with van der Waals surface area (Å²) >= 11 is 0. The number of rotatable bonds is 5. The number of benzene rings is 1. The van der Waals surface area contributed by atoms with Crippen molar-refractivity contribution in [3.8, 4) is 11.3 Å². The minimum Gasteiger partial charge on any atom is -0.415 e. The highest BCUT2D eigenvalue weighted by Gasteiger charge is 2.25. The van der Waals surface area contributed by atoms with Crippen LogP contribution in [0.4, 0.5) is 0 Å². The van der Waals surface area contributed by atoms with Gasteiger partial charge in [-0.05, 0) is 42.6 Å². The van der Waals surface area contributed by atoms with Gasteiger partial charge in [0.25, 0.3) is 5.16 Å². The van der Waals surface area contributed by atoms with E-state index in [1.54, 1.807) is 4.52 Å². The SMILES string of the molecule is CC(C)(C)[SiH2]OC(C)(C)c1cccc(-c2ccc3cnc(S(C)(=O)=O)nn23)c1. The van der Waals surface area contributed by atoms with Gasteiger partial charge in [-0.25, -0.2) is 17.9 Å². The number of aromatic nitrogens is 3. The maximum atomic E-state index is 11.8. The third-order valence-corrected chi connectivity index (χ3v) is 7.01. The number of sulfone groups is 1. The van der Waals surface area contributed by atoms with Crippen LogP contribution in [0.1, 0.15) is 40.2 Å². The van der Waals surface area contributed by atoms with Crippen molar-refractivity contribution < 1.29 is 12.8 Å². The van der Waals surface area contributed by atoms with E-state index in [0.29, 0.717) is 0 Å². The van der Waals surface area contributed by atoms with E-state index in [1.165, 1.54) is 6.20 Å². The van der Waals surface area contributed by atoms with E-state index in [-0.39, 0.29) is 10.2 Å². The molecule has 8 heteroatoms. The Labute approximate surface area is 168 Å². The van der Waals surface area contributed by atoms with Crippen LogP contribution in [0, 0.1) is 0 Å². The Morgan fingerprint density at radius 1 is 1.07 bits per heavy atom. The Kier molecular flexibility index (Phi) is 5.24. The van der Waals surface area contributed by atoms with Gasteiger partial charge in [0, 0.05) is 11.8 Å². The second-order valence-corrected chi connectivity index (χ2v) is 13.4. The van der Waals surface area contributed by atoms with Crippen molar-refractivity contribution in [2.24, 2.45) is 0 Å². The zero-order valence-electron chi connectivity index (χ0n) is 17.2. The Bertz CT molecular complexity index is 1120. The van der Waals surface area contributed by atoms with Crippen molar-refractivity contribution in [3.63, 3.8) is 0 Å². The molecule has 0 N–H and O–H groups in total. The molecule has 2 heterocycles. The summed E-state index contributed by atoms with van der Waals surface area (Å²) in [6.45, 7) is 10.8. The van der Waals surface area contributed by atoms with Gasteiger partial charge in [0.05, 0.1) is 23.0 Å². The Hall–Kier alpha value is -2.03. The Morgan fingerprint density at radius 2 is 1.79 bits per heavy atom. The van der Waals surface area contributed by atoms with Crippen LogP contribution in [0.25, 0.3) is 16.8 Å². The summed E-state index contributed by atoms with van der Waals surface area (Å²) in [7, 11) is -4.19. The monoisotopic (exact) mass is 417 g/mol. The summed E-state index contributed by atoms with van der Waals surface area (Å²) in [5.74, 6) is 0. The van der Waals surface area contributed by atoms with Gasteiger partial charge in [0.2, 0.25) is 9.84 Å². The molecule has 0 aliphatic carbocycles. The molecule has 0 atom stereocenters. The molecule has 2 aromatic heterocycles. The van der Waals surface area contributed by atoms with E-state index in [0.717, 1.165) is 28.6 Å². The first-order valence-corrected chi connectivity index (χ1v) is 12.3. The number of hydrogen-bond donors (Lipinski definition) is 0. The predicted octanol–water partition coefficient (Wildman–Crippen LogP) is 3.35. The lowest BCUT2D eigenvalue weighted by Gasteiger charge is -2.30. The van der Waals surface area contributed by atoms with Crippen LogP contribution < -0.4 is 0 Å². The van der Waals surface area contributed by atoms with Gasteiger partial charge in [-0.15, -0.1) is 5.10 Å². The van der Waals surface area contributed by atoms with E-state index in [4.69, 9.17) is 4.43 Å². The summed E-state index contributed by atoms with van der Waals surface area (Å²) in [5, 5.41) is 4.26. The second kappa shape index (κ2) is 7.09. The van der Waals surface area contributed by atoms with Crippen molar-refractivity contribution >= 4 is 25.1 Å². The smallest absolute Gasteiger partial charge is 0.265 e. The molecule has 3 aromatic rings. The topological polar surface area (TPSA) is 73.6 Å². The summed E-state index contributed by atoms with van der Waals surface area (Å²) in [4.78, 5) is 3.95. The molecule has 150 valence electrons. The fourth-order valence-corrected chi connectivity index (χ4v) is 4.24. The van der Waals surface area contributed by atoms with E-state index in [2.05, 4.69) is 56.8 Å². The summed E-state index contributed by atoms with van der Waals surface area (Å²) in [6, 6.07) is 11.9. The Morgan fingerprint density at radius 3 is 2.43 bits per heavy atom. The molecular formula is C20H27N3O3SSi. The molecule has 28 heavy (non-hydrogen) atoms. The standard InChI is InChI=1S/C20H27N3O3SSi/c1-19(2,3)28-26-20(4,5)15-9-7-8-14(12-15)17-11-10-16-13-21-18(22-23(16)17)27(6,24)25/h7-13H,28H2,1-6H3. The zero-order valence-corrected chi connectivity index (χ0v) is 19.5. The van der Waals surface area contributed by atoms with Gasteiger partial charge in [-0.3, -0.25) is 0 Å². The molecule has 3 rings (SSSR count). The molecule has 6 nitrogen and oxygen atoms in total. The number of hydrogen-bond acceptors (Lipinski definition) is 5. The van der Waals surface area contributed by atoms with Crippen LogP contribution in [0.2, 0.25) is 5.04 Å². The molecule has 0 radical (unpaired) electrons. The lowest BCUT2D eigenvalue weighted by molar-refractivity contribution is 0.109. The molecule has 0 bridgehead atoms. The Balaban J connectivity index is 2.03. The minimum absolute atomic E-state index is 0.187. The van der Waals surface area contributed by atoms with Crippen LogP contribution >= 0.6 is 0 Å². The van der Waals surface area contributed by atoms with E-state index < -0.39 is 25.2 Å². The quantitative estimate of drug-likeness (QED) is 0.595. The molecular weight excluding hydrogens is 390 g/mol. The molecule has 0 saturated heterocycles. The van der Waals surface area contributed by atoms with E-state index >= 15 is 0 Å². The van der Waals surface area contributed by atoms with Gasteiger partial charge in [-0.1, -0.05) is 39.0 Å². The van der Waals surface area contributed by atoms with Gasteiger partial charge >= 0.3 is 0 Å². The average molecular weight is 418 g/mol. The predicted molar refractivity (Wildman–Crippen MR) is 114 cm³/mol. The summed E-state index contributed by atoms with van der Waals surface area (Å²) in [6.07, 6.45) is 2.63. The summed E-state index contributed by atoms with van der Waals surface area (Å²) in [5.41, 5.74) is 3.19. The summed E-state index contributed by atoms with van der Waals surface area (Å²) < 4.78 is 31.6. The van der Waals surface area contributed by atoms with E-state index in [1.807, 2.05) is 24.3 Å². The third-order valence-electron chi connectivity index (χ3n) is 4.43. The second-order valence-electron chi connectivity index (χ2n) is 8.81. The third kappa shape index (κ3) is 4.51. The fraction of sp³-hybridized carbons (Fsp3) is 0.400. The van der Waals surface area contributed by atoms with E-state index in [9.17, 15) is 8.42 Å². The van der Waals surface area contributed by atoms with Crippen LogP contribution in [0.3, 0.4) is 0 Å². The molecule has 1 aromatic carbocycles. The lowest BCUT2D eigenvalue weighted by Crippen LogP contribution is -2.27. The molecule has 0 amide bonds. The van der Waals surface area contributed by atoms with Crippen molar-refractivity contribution in [2.45, 2.75) is 50.4 Å². The highest BCUT2D eigenvalue weighted by Crippen LogP contribution is 2.32. The maximum Gasteiger partial charge on any atom is 0.265 e. The van der Waals surface area contributed by atoms with Gasteiger partial charge in [-0.2, -0.15) is 0 Å². The lowest BCUT2D eigenvalue weighted by atomic mass is 9.96. The number of nitrogens with zero attached hydrogens (tertiary/aromatic N) is 3. The minimum atomic E-state index is -3.48. The van der Waals surface area contributed by atoms with Crippen molar-refractivity contribution in [3.05, 3.63) is 48.2 Å². The highest BCUT2D eigenvalue weighted by atomic mass is 32.2. The van der Waals surface area contributed by atoms with Crippen LogP contribution in [0.5, 0.6) is 0 Å². The first kappa shape index (κ1) is 20.7. The average Bonchev–Trinajstić information content (AvgIpc) is 3.02. The first-order chi connectivity index (χ1) is 12.9. The number of fused-ring (bicyclic) bond motifs is 1. The van der Waals surface area contributed by atoms with Crippen LogP contribution in [-0.4, -0.2) is 39.0 Å². The van der Waals surface area contributed by atoms with Gasteiger partial charge in [0.1, 0.15) is 0 Å². The highest BCUT2D eigenvalue weighted by molar-refractivity contribution is 7.90. The molecule has 0 fully saturated rings. The van der Waals surface area contributed by atoms with Crippen molar-refractivity contribution in [2.75, 3.05) is 6.26 Å². The molecule has 0 aliphatic heterocycles. The van der Waals surface area contributed by atoms with Gasteiger partial charge in [0.15, 0.2) is 9.76 Å². The molecule has 0 saturated carbocycles. The van der Waals surface area contributed by atoms with Crippen molar-refractivity contribution in [1.82, 2.24) is 14.6 Å². The normalized spacial score (nSPS) is 13.6. The first-order valence-electron chi connectivity index (χ1n) is 9.17. The van der Waals surface area contributed by atoms with Crippen LogP contribution in [-0.2, 0) is 19.9 Å². The van der Waals surface area contributed by atoms with Gasteiger partial charge < -0.3 is 4.43 Å². The molecule has 0 aliphatic rings. The molecule has 0 unspecified atom stereocenters. The fourth-order valence-electron chi connectivity index (χ4n) is 2.81. The maximum absolute atomic E-state index is 11.8. The molecule has 0 spiro atoms. The zero-order chi connectivity index (χ0) is 20.7. The van der Waals surface area contributed by atoms with Crippen LogP contribution in [0.15, 0.2) is 47.8 Å².